The zero-order valence-corrected chi connectivity index (χ0v) is 19.9. The monoisotopic (exact) mass is 519 g/mol. The minimum atomic E-state index is -1.19. The highest BCUT2D eigenvalue weighted by Crippen LogP contribution is 2.36. The van der Waals surface area contributed by atoms with Crippen molar-refractivity contribution in [3.63, 3.8) is 0 Å². The molecule has 2 atom stereocenters. The van der Waals surface area contributed by atoms with E-state index in [1.807, 2.05) is 6.07 Å². The molecule has 0 spiro atoms. The largest absolute Gasteiger partial charge is 0.506 e. The maximum atomic E-state index is 13.0. The van der Waals surface area contributed by atoms with Crippen molar-refractivity contribution in [1.29, 1.82) is 0 Å². The number of phenolic OH excluding ortho intramolecular Hbond substituents is 1. The van der Waals surface area contributed by atoms with E-state index in [9.17, 15) is 24.6 Å². The molecular formula is C23H23Cl2N5O5. The highest BCUT2D eigenvalue weighted by atomic mass is 35.5. The molecule has 2 amide bonds. The molecule has 5 N–H and O–H groups in total. The van der Waals surface area contributed by atoms with Crippen LogP contribution in [0.3, 0.4) is 0 Å². The third-order valence-electron chi connectivity index (χ3n) is 5.72. The van der Waals surface area contributed by atoms with E-state index in [1.165, 1.54) is 17.0 Å². The number of aliphatic imine (C=N–C) groups is 1. The fourth-order valence-electron chi connectivity index (χ4n) is 4.06. The quantitative estimate of drug-likeness (QED) is 0.378. The van der Waals surface area contributed by atoms with Gasteiger partial charge >= 0.3 is 5.97 Å². The molecule has 12 heteroatoms. The van der Waals surface area contributed by atoms with Crippen LogP contribution in [0.2, 0.25) is 10.0 Å². The Morgan fingerprint density at radius 2 is 2.06 bits per heavy atom. The molecule has 0 saturated carbocycles. The Morgan fingerprint density at radius 1 is 1.26 bits per heavy atom. The molecular weight excluding hydrogens is 497 g/mol. The van der Waals surface area contributed by atoms with Crippen LogP contribution in [0.25, 0.3) is 0 Å². The lowest BCUT2D eigenvalue weighted by Gasteiger charge is -2.22. The SMILES string of the molecule is O=C(O)CC(NC(=O)C1CC(=O)N(c2cccc(NC3=NCCN3)c2)C1)c1cc(Cl)cc(Cl)c1O. The van der Waals surface area contributed by atoms with Crippen molar-refractivity contribution >= 4 is 58.3 Å². The first-order chi connectivity index (χ1) is 16.7. The fourth-order valence-corrected chi connectivity index (χ4v) is 4.57. The lowest BCUT2D eigenvalue weighted by Crippen LogP contribution is -2.36. The summed E-state index contributed by atoms with van der Waals surface area (Å²) < 4.78 is 0. The predicted octanol–water partition coefficient (Wildman–Crippen LogP) is 2.76. The van der Waals surface area contributed by atoms with E-state index in [2.05, 4.69) is 20.9 Å². The number of carbonyl (C=O) groups is 3. The van der Waals surface area contributed by atoms with Crippen LogP contribution in [0.4, 0.5) is 11.4 Å². The maximum absolute atomic E-state index is 13.0. The topological polar surface area (TPSA) is 143 Å². The van der Waals surface area contributed by atoms with Gasteiger partial charge in [0.2, 0.25) is 11.8 Å². The van der Waals surface area contributed by atoms with Gasteiger partial charge in [-0.2, -0.15) is 0 Å². The summed E-state index contributed by atoms with van der Waals surface area (Å²) in [5.41, 5.74) is 1.45. The molecule has 10 nitrogen and oxygen atoms in total. The number of amides is 2. The summed E-state index contributed by atoms with van der Waals surface area (Å²) in [6.45, 7) is 1.56. The lowest BCUT2D eigenvalue weighted by atomic mass is 10.0. The van der Waals surface area contributed by atoms with Crippen molar-refractivity contribution in [2.45, 2.75) is 18.9 Å². The molecule has 0 radical (unpaired) electrons. The van der Waals surface area contributed by atoms with E-state index < -0.39 is 30.3 Å². The van der Waals surface area contributed by atoms with Gasteiger partial charge in [0.25, 0.3) is 0 Å². The normalized spacial score (nSPS) is 18.1. The van der Waals surface area contributed by atoms with Gasteiger partial charge in [-0.15, -0.1) is 0 Å². The van der Waals surface area contributed by atoms with Gasteiger partial charge in [-0.1, -0.05) is 29.3 Å². The summed E-state index contributed by atoms with van der Waals surface area (Å²) in [4.78, 5) is 43.0. The number of benzene rings is 2. The third-order valence-corrected chi connectivity index (χ3v) is 6.23. The van der Waals surface area contributed by atoms with E-state index in [0.29, 0.717) is 18.2 Å². The highest BCUT2D eigenvalue weighted by Gasteiger charge is 2.36. The van der Waals surface area contributed by atoms with Crippen LogP contribution in [0.1, 0.15) is 24.4 Å². The number of carbonyl (C=O) groups excluding carboxylic acids is 2. The van der Waals surface area contributed by atoms with Crippen LogP contribution in [0.5, 0.6) is 5.75 Å². The number of hydrogen-bond donors (Lipinski definition) is 5. The standard InChI is InChI=1S/C23H23Cl2N5O5/c24-13-7-16(21(34)17(25)8-13)18(10-20(32)33)29-22(35)12-6-19(31)30(11-12)15-3-1-2-14(9-15)28-23-26-4-5-27-23/h1-3,7-9,12,18,34H,4-6,10-11H2,(H,29,35)(H,32,33)(H2,26,27,28). The summed E-state index contributed by atoms with van der Waals surface area (Å²) in [6, 6.07) is 8.77. The van der Waals surface area contributed by atoms with E-state index in [0.717, 1.165) is 12.2 Å². The summed E-state index contributed by atoms with van der Waals surface area (Å²) in [5, 5.41) is 28.7. The number of halogens is 2. The number of aromatic hydroxyl groups is 1. The first-order valence-corrected chi connectivity index (χ1v) is 11.6. The number of carboxylic acid groups (broad SMARTS) is 1. The molecule has 1 saturated heterocycles. The number of guanidine groups is 1. The van der Waals surface area contributed by atoms with Crippen molar-refractivity contribution < 1.29 is 24.6 Å². The number of hydrogen-bond acceptors (Lipinski definition) is 7. The summed E-state index contributed by atoms with van der Waals surface area (Å²) in [5.74, 6) is -2.37. The molecule has 2 aromatic carbocycles. The zero-order valence-electron chi connectivity index (χ0n) is 18.4. The fraction of sp³-hybridized carbons (Fsp3) is 0.304. The van der Waals surface area contributed by atoms with Crippen LogP contribution in [0, 0.1) is 5.92 Å². The second-order valence-corrected chi connectivity index (χ2v) is 9.07. The van der Waals surface area contributed by atoms with Crippen LogP contribution in [-0.4, -0.2) is 53.6 Å². The van der Waals surface area contributed by atoms with Gasteiger partial charge in [-0.25, -0.2) is 0 Å². The molecule has 2 heterocycles. The van der Waals surface area contributed by atoms with Crippen molar-refractivity contribution in [2.75, 3.05) is 29.9 Å². The second-order valence-electron chi connectivity index (χ2n) is 8.22. The van der Waals surface area contributed by atoms with Gasteiger partial charge in [0.15, 0.2) is 5.96 Å². The number of carboxylic acids is 1. The van der Waals surface area contributed by atoms with Crippen LogP contribution >= 0.6 is 23.2 Å². The van der Waals surface area contributed by atoms with E-state index in [-0.39, 0.29) is 40.2 Å². The summed E-state index contributed by atoms with van der Waals surface area (Å²) >= 11 is 12.0. The molecule has 1 fully saturated rings. The van der Waals surface area contributed by atoms with Gasteiger partial charge in [0.1, 0.15) is 5.75 Å². The van der Waals surface area contributed by atoms with Crippen LogP contribution in [0.15, 0.2) is 41.4 Å². The van der Waals surface area contributed by atoms with Gasteiger partial charge in [0.05, 0.1) is 29.9 Å². The number of phenols is 1. The zero-order chi connectivity index (χ0) is 25.1. The number of nitrogens with one attached hydrogen (secondary N) is 3. The van der Waals surface area contributed by atoms with Crippen LogP contribution < -0.4 is 20.9 Å². The Bertz CT molecular complexity index is 1200. The number of anilines is 2. The molecule has 4 rings (SSSR count). The Hall–Kier alpha value is -3.50. The molecule has 2 unspecified atom stereocenters. The van der Waals surface area contributed by atoms with Gasteiger partial charge in [0, 0.05) is 41.5 Å². The van der Waals surface area contributed by atoms with Crippen molar-refractivity contribution in [3.05, 3.63) is 52.0 Å². The molecule has 0 aromatic heterocycles. The van der Waals surface area contributed by atoms with Gasteiger partial charge < -0.3 is 31.1 Å². The molecule has 2 aromatic rings. The number of aliphatic carboxylic acids is 1. The molecule has 184 valence electrons. The summed E-state index contributed by atoms with van der Waals surface area (Å²) in [7, 11) is 0. The lowest BCUT2D eigenvalue weighted by molar-refractivity contribution is -0.138. The van der Waals surface area contributed by atoms with Crippen LogP contribution in [-0.2, 0) is 14.4 Å². The third kappa shape index (κ3) is 5.77. The van der Waals surface area contributed by atoms with Crippen molar-refractivity contribution in [1.82, 2.24) is 10.6 Å². The minimum Gasteiger partial charge on any atom is -0.506 e. The Kier molecular flexibility index (Phi) is 7.32. The second kappa shape index (κ2) is 10.4. The van der Waals surface area contributed by atoms with Crippen molar-refractivity contribution in [3.8, 4) is 5.75 Å². The average molecular weight is 520 g/mol. The van der Waals surface area contributed by atoms with E-state index in [4.69, 9.17) is 23.2 Å². The smallest absolute Gasteiger partial charge is 0.305 e. The molecule has 0 bridgehead atoms. The molecule has 0 aliphatic carbocycles. The van der Waals surface area contributed by atoms with E-state index in [1.54, 1.807) is 18.2 Å². The molecule has 2 aliphatic heterocycles. The first kappa shape index (κ1) is 24.6. The van der Waals surface area contributed by atoms with Gasteiger partial charge in [-0.3, -0.25) is 19.4 Å². The van der Waals surface area contributed by atoms with Crippen molar-refractivity contribution in [2.24, 2.45) is 10.9 Å². The Morgan fingerprint density at radius 3 is 2.77 bits per heavy atom. The summed E-state index contributed by atoms with van der Waals surface area (Å²) in [6.07, 6.45) is -0.550. The van der Waals surface area contributed by atoms with E-state index >= 15 is 0 Å². The predicted molar refractivity (Wildman–Crippen MR) is 132 cm³/mol. The Balaban J connectivity index is 1.48. The minimum absolute atomic E-state index is 0.0418. The van der Waals surface area contributed by atoms with Gasteiger partial charge in [-0.05, 0) is 30.3 Å². The molecule has 35 heavy (non-hydrogen) atoms. The molecule has 2 aliphatic rings. The number of nitrogens with zero attached hydrogens (tertiary/aromatic N) is 2. The average Bonchev–Trinajstić information content (AvgIpc) is 3.45. The first-order valence-electron chi connectivity index (χ1n) is 10.9. The highest BCUT2D eigenvalue weighted by molar-refractivity contribution is 6.35. The number of rotatable bonds is 7. The Labute approximate surface area is 210 Å². The maximum Gasteiger partial charge on any atom is 0.305 e.